The standard InChI is InChI=1S/C18H23OS.C16H17OS.C11H16.C9H17O2S.3C2H6/c1-3-4-8-16-9-10-17(13-15(16)2)18(19)14-20-11-6-5-7-12-20;17-16(12-18-9-3-4-10-18)15-8-7-13-5-1-2-6-14(13)11-15;1-3-7-11-9-6-5-8-10(11)4-2;1-2-9(10)3-6-12-7-4-11-5-8-12;3*1-2/h3-4,8-10,13H,2,5-7,11-12,14H2,1H3;1-2,5-8,11H,3-4,9-10,12H2;5-6,8-9H,3-4,7H2,1-2H3;2-8H2,1H3;3*1-2H3/q2*+1;;+1;;;/b4-3-,16-8-;;;;;;. The largest absolute Gasteiger partial charge is 0.372 e. The van der Waals surface area contributed by atoms with Gasteiger partial charge in [0, 0.05) is 17.5 Å². The molecular weight excluding hydrogens is 881 g/mol. The van der Waals surface area contributed by atoms with Gasteiger partial charge in [-0.3, -0.25) is 14.4 Å². The van der Waals surface area contributed by atoms with Crippen LogP contribution >= 0.6 is 0 Å². The maximum absolute atomic E-state index is 12.3. The van der Waals surface area contributed by atoms with Crippen LogP contribution in [-0.2, 0) is 55.1 Å². The van der Waals surface area contributed by atoms with E-state index in [1.807, 2.05) is 116 Å². The normalized spacial score (nSPS) is 15.0. The van der Waals surface area contributed by atoms with Crippen molar-refractivity contribution in [2.24, 2.45) is 0 Å². The number of carbonyl (C=O) groups is 3. The molecule has 370 valence electrons. The van der Waals surface area contributed by atoms with Crippen LogP contribution in [0.25, 0.3) is 23.4 Å². The molecule has 4 aromatic carbocycles. The number of hydrogen-bond donors (Lipinski definition) is 0. The van der Waals surface area contributed by atoms with E-state index in [-0.39, 0.29) is 5.78 Å². The van der Waals surface area contributed by atoms with E-state index in [9.17, 15) is 14.4 Å². The molecule has 0 radical (unpaired) electrons. The molecule has 7 heteroatoms. The maximum atomic E-state index is 12.3. The fourth-order valence-electron chi connectivity index (χ4n) is 7.55. The topological polar surface area (TPSA) is 60.4 Å². The second-order valence-corrected chi connectivity index (χ2v) is 23.1. The lowest BCUT2D eigenvalue weighted by molar-refractivity contribution is -0.118. The van der Waals surface area contributed by atoms with Crippen molar-refractivity contribution in [3.63, 3.8) is 0 Å². The van der Waals surface area contributed by atoms with Crippen molar-refractivity contribution in [2.45, 2.75) is 133 Å². The zero-order valence-electron chi connectivity index (χ0n) is 43.7. The Labute approximate surface area is 418 Å². The summed E-state index contributed by atoms with van der Waals surface area (Å²) in [5.41, 5.74) is 4.74. The van der Waals surface area contributed by atoms with Gasteiger partial charge in [-0.05, 0) is 129 Å². The van der Waals surface area contributed by atoms with E-state index < -0.39 is 0 Å². The summed E-state index contributed by atoms with van der Waals surface area (Å²) in [6.07, 6.45) is 17.7. The Morgan fingerprint density at radius 2 is 1.13 bits per heavy atom. The van der Waals surface area contributed by atoms with E-state index in [1.165, 1.54) is 96.0 Å². The van der Waals surface area contributed by atoms with Crippen molar-refractivity contribution in [1.82, 2.24) is 0 Å². The van der Waals surface area contributed by atoms with Gasteiger partial charge >= 0.3 is 0 Å². The average Bonchev–Trinajstić information content (AvgIpc) is 3.91. The highest BCUT2D eigenvalue weighted by Crippen LogP contribution is 2.20. The van der Waals surface area contributed by atoms with Crippen LogP contribution in [0.1, 0.15) is 152 Å². The first kappa shape index (κ1) is 61.7. The van der Waals surface area contributed by atoms with E-state index in [1.54, 1.807) is 0 Å². The summed E-state index contributed by atoms with van der Waals surface area (Å²) in [5, 5.41) is 4.39. The van der Waals surface area contributed by atoms with Crippen LogP contribution in [0.2, 0.25) is 0 Å². The van der Waals surface area contributed by atoms with E-state index in [0.29, 0.717) is 50.7 Å². The fraction of sp³-hybridized carbons (Fsp3) is 0.517. The first-order valence-corrected chi connectivity index (χ1v) is 31.0. The van der Waals surface area contributed by atoms with E-state index in [4.69, 9.17) is 4.74 Å². The molecule has 4 nitrogen and oxygen atoms in total. The Morgan fingerprint density at radius 3 is 1.67 bits per heavy atom. The predicted molar refractivity (Wildman–Crippen MR) is 307 cm³/mol. The average molecular weight is 973 g/mol. The molecule has 67 heavy (non-hydrogen) atoms. The molecule has 7 rings (SSSR count). The van der Waals surface area contributed by atoms with Gasteiger partial charge in [-0.15, -0.1) is 0 Å². The van der Waals surface area contributed by atoms with Gasteiger partial charge in [0.1, 0.15) is 46.1 Å². The van der Waals surface area contributed by atoms with Gasteiger partial charge in [0.05, 0.1) is 19.6 Å². The summed E-state index contributed by atoms with van der Waals surface area (Å²) in [6, 6.07) is 28.9. The van der Waals surface area contributed by atoms with Crippen molar-refractivity contribution in [3.05, 3.63) is 130 Å². The molecule has 0 aliphatic carbocycles. The van der Waals surface area contributed by atoms with Crippen LogP contribution in [0.15, 0.2) is 97.1 Å². The Morgan fingerprint density at radius 1 is 0.612 bits per heavy atom. The molecule has 0 spiro atoms. The number of ether oxygens (including phenoxy) is 1. The molecule has 0 saturated carbocycles. The number of allylic oxidation sites excluding steroid dienone is 2. The molecule has 0 atom stereocenters. The van der Waals surface area contributed by atoms with Crippen molar-refractivity contribution in [3.8, 4) is 0 Å². The molecule has 3 heterocycles. The number of aryl methyl sites for hydroxylation is 2. The van der Waals surface area contributed by atoms with Gasteiger partial charge in [0.25, 0.3) is 0 Å². The monoisotopic (exact) mass is 972 g/mol. The summed E-state index contributed by atoms with van der Waals surface area (Å²) >= 11 is 0. The molecule has 0 bridgehead atoms. The lowest BCUT2D eigenvalue weighted by atomic mass is 10.0. The van der Waals surface area contributed by atoms with Gasteiger partial charge < -0.3 is 4.74 Å². The van der Waals surface area contributed by atoms with Gasteiger partial charge in [0.2, 0.25) is 11.6 Å². The first-order chi connectivity index (χ1) is 32.7. The third-order valence-electron chi connectivity index (χ3n) is 11.3. The molecule has 0 amide bonds. The number of benzene rings is 4. The van der Waals surface area contributed by atoms with E-state index in [2.05, 4.69) is 62.9 Å². The van der Waals surface area contributed by atoms with Crippen molar-refractivity contribution in [2.75, 3.05) is 65.0 Å². The van der Waals surface area contributed by atoms with Gasteiger partial charge in [-0.1, -0.05) is 166 Å². The smallest absolute Gasteiger partial charge is 0.211 e. The van der Waals surface area contributed by atoms with Crippen LogP contribution in [-0.4, -0.2) is 82.3 Å². The van der Waals surface area contributed by atoms with E-state index in [0.717, 1.165) is 70.3 Å². The van der Waals surface area contributed by atoms with Crippen molar-refractivity contribution >= 4 is 73.5 Å². The number of fused-ring (bicyclic) bond motifs is 1. The first-order valence-electron chi connectivity index (χ1n) is 25.8. The Balaban J connectivity index is 0.000000441. The fourth-order valence-corrected chi connectivity index (χ4v) is 13.9. The van der Waals surface area contributed by atoms with E-state index >= 15 is 0 Å². The molecule has 3 fully saturated rings. The van der Waals surface area contributed by atoms with Crippen LogP contribution in [0.4, 0.5) is 0 Å². The second kappa shape index (κ2) is 39.5. The Hall–Kier alpha value is -3.36. The molecule has 3 saturated heterocycles. The molecule has 0 N–H and O–H groups in total. The molecule has 0 unspecified atom stereocenters. The third-order valence-corrected chi connectivity index (χ3v) is 18.3. The van der Waals surface area contributed by atoms with Gasteiger partial charge in [-0.2, -0.15) is 0 Å². The minimum absolute atomic E-state index is 0.290. The third kappa shape index (κ3) is 25.2. The Kier molecular flexibility index (Phi) is 36.3. The highest BCUT2D eigenvalue weighted by Gasteiger charge is 2.28. The molecule has 4 aromatic rings. The minimum atomic E-state index is 0.290. The van der Waals surface area contributed by atoms with Crippen LogP contribution < -0.4 is 10.4 Å². The zero-order valence-corrected chi connectivity index (χ0v) is 46.2. The van der Waals surface area contributed by atoms with Crippen LogP contribution in [0.5, 0.6) is 0 Å². The lowest BCUT2D eigenvalue weighted by Crippen LogP contribution is -2.29. The quantitative estimate of drug-likeness (QED) is 0.0933. The summed E-state index contributed by atoms with van der Waals surface area (Å²) < 4.78 is 5.25. The highest BCUT2D eigenvalue weighted by molar-refractivity contribution is 7.98. The number of rotatable bonds is 14. The molecule has 3 aliphatic rings. The van der Waals surface area contributed by atoms with Gasteiger partial charge in [-0.25, -0.2) is 0 Å². The molecular formula is C60H91O4S3+3. The van der Waals surface area contributed by atoms with Gasteiger partial charge in [0.15, 0.2) is 11.5 Å². The summed E-state index contributed by atoms with van der Waals surface area (Å²) in [5.74, 6) is 11.0. The zero-order chi connectivity index (χ0) is 49.7. The number of carbonyl (C=O) groups excluding carboxylic acids is 3. The van der Waals surface area contributed by atoms with Crippen molar-refractivity contribution < 1.29 is 19.1 Å². The second-order valence-electron chi connectivity index (χ2n) is 16.0. The van der Waals surface area contributed by atoms with Crippen molar-refractivity contribution in [1.29, 1.82) is 0 Å². The predicted octanol–water partition coefficient (Wildman–Crippen LogP) is 13.2. The number of Topliss-reactive ketones (excluding diaryl/α,β-unsaturated/α-hetero) is 3. The van der Waals surface area contributed by atoms with Crippen LogP contribution in [0.3, 0.4) is 0 Å². The highest BCUT2D eigenvalue weighted by atomic mass is 32.2. The SMILES string of the molecule is C=c1cc(C(=O)C[S+]2CCCCC2)cc/c1=C/C=C\C.CC.CC.CC.CCC(=O)CC[S+]1CCOCC1.CCCc1ccccc1CC.O=C(C[S+]1CCCC1)c1ccc2ccccc2c1. The lowest BCUT2D eigenvalue weighted by Gasteiger charge is -2.13. The Bertz CT molecular complexity index is 2070. The number of hydrogen-bond acceptors (Lipinski definition) is 4. The summed E-state index contributed by atoms with van der Waals surface area (Å²) in [6.45, 7) is 26.2. The minimum Gasteiger partial charge on any atom is -0.372 e. The maximum Gasteiger partial charge on any atom is 0.211 e. The summed E-state index contributed by atoms with van der Waals surface area (Å²) in [4.78, 5) is 35.6. The molecule has 3 aliphatic heterocycles. The molecule has 0 aromatic heterocycles. The summed E-state index contributed by atoms with van der Waals surface area (Å²) in [7, 11) is 1.17. The van der Waals surface area contributed by atoms with Crippen LogP contribution in [0, 0.1) is 0 Å². The number of ketones is 3.